The number of aromatic nitrogens is 2. The molecule has 1 aliphatic carbocycles. The van der Waals surface area contributed by atoms with Gasteiger partial charge in [0, 0.05) is 13.1 Å². The molecule has 0 bridgehead atoms. The van der Waals surface area contributed by atoms with Crippen molar-refractivity contribution in [2.24, 2.45) is 5.92 Å². The van der Waals surface area contributed by atoms with Crippen LogP contribution in [0.5, 0.6) is 0 Å². The summed E-state index contributed by atoms with van der Waals surface area (Å²) in [6, 6.07) is 0. The van der Waals surface area contributed by atoms with Gasteiger partial charge in [0.25, 0.3) is 0 Å². The standard InChI is InChI=1S/C11H20N4/c1-3-15-11(10(12)8(2)14-15)13-7-6-9-4-5-9/h9,13H,3-7,12H2,1-2H3. The maximum atomic E-state index is 5.97. The van der Waals surface area contributed by atoms with Gasteiger partial charge in [0.05, 0.1) is 11.4 Å². The fourth-order valence-electron chi connectivity index (χ4n) is 1.81. The van der Waals surface area contributed by atoms with Crippen molar-refractivity contribution in [3.63, 3.8) is 0 Å². The van der Waals surface area contributed by atoms with Crippen LogP contribution in [0, 0.1) is 12.8 Å². The first-order valence-corrected chi connectivity index (χ1v) is 5.79. The molecule has 3 N–H and O–H groups in total. The minimum absolute atomic E-state index is 0.799. The Morgan fingerprint density at radius 1 is 1.53 bits per heavy atom. The highest BCUT2D eigenvalue weighted by molar-refractivity contribution is 5.64. The van der Waals surface area contributed by atoms with Crippen molar-refractivity contribution < 1.29 is 0 Å². The van der Waals surface area contributed by atoms with Gasteiger partial charge in [-0.25, -0.2) is 4.68 Å². The topological polar surface area (TPSA) is 55.9 Å². The molecule has 0 aromatic carbocycles. The predicted molar refractivity (Wildman–Crippen MR) is 62.9 cm³/mol. The van der Waals surface area contributed by atoms with Crippen molar-refractivity contribution in [2.45, 2.75) is 39.7 Å². The fraction of sp³-hybridized carbons (Fsp3) is 0.727. The van der Waals surface area contributed by atoms with Crippen LogP contribution in [0.15, 0.2) is 0 Å². The van der Waals surface area contributed by atoms with E-state index in [-0.39, 0.29) is 0 Å². The second-order valence-electron chi connectivity index (χ2n) is 4.32. The first kappa shape index (κ1) is 10.3. The summed E-state index contributed by atoms with van der Waals surface area (Å²) in [6.07, 6.45) is 4.07. The Labute approximate surface area is 90.8 Å². The molecule has 0 aliphatic heterocycles. The van der Waals surface area contributed by atoms with Gasteiger partial charge in [-0.05, 0) is 26.2 Å². The molecule has 0 atom stereocenters. The average molecular weight is 208 g/mol. The Hall–Kier alpha value is -1.19. The molecule has 1 heterocycles. The zero-order valence-electron chi connectivity index (χ0n) is 9.58. The minimum atomic E-state index is 0.799. The van der Waals surface area contributed by atoms with Crippen molar-refractivity contribution in [2.75, 3.05) is 17.6 Å². The second kappa shape index (κ2) is 4.13. The van der Waals surface area contributed by atoms with E-state index in [4.69, 9.17) is 5.73 Å². The lowest BCUT2D eigenvalue weighted by atomic mass is 10.3. The van der Waals surface area contributed by atoms with E-state index in [9.17, 15) is 0 Å². The first-order chi connectivity index (χ1) is 7.22. The lowest BCUT2D eigenvalue weighted by Gasteiger charge is -2.08. The maximum absolute atomic E-state index is 5.97. The number of nitrogen functional groups attached to an aromatic ring is 1. The van der Waals surface area contributed by atoms with Crippen LogP contribution in [0.25, 0.3) is 0 Å². The van der Waals surface area contributed by atoms with Crippen LogP contribution in [-0.2, 0) is 6.54 Å². The summed E-state index contributed by atoms with van der Waals surface area (Å²) in [4.78, 5) is 0. The number of hydrogen-bond acceptors (Lipinski definition) is 3. The molecular formula is C11H20N4. The molecule has 1 fully saturated rings. The highest BCUT2D eigenvalue weighted by atomic mass is 15.3. The van der Waals surface area contributed by atoms with Crippen molar-refractivity contribution in [1.82, 2.24) is 9.78 Å². The molecule has 15 heavy (non-hydrogen) atoms. The number of nitrogens with zero attached hydrogens (tertiary/aromatic N) is 2. The molecule has 0 radical (unpaired) electrons. The molecule has 1 saturated carbocycles. The molecular weight excluding hydrogens is 188 g/mol. The Morgan fingerprint density at radius 2 is 2.27 bits per heavy atom. The van der Waals surface area contributed by atoms with E-state index in [0.717, 1.165) is 36.2 Å². The van der Waals surface area contributed by atoms with E-state index in [1.54, 1.807) is 0 Å². The van der Waals surface area contributed by atoms with Crippen LogP contribution < -0.4 is 11.1 Å². The van der Waals surface area contributed by atoms with Crippen molar-refractivity contribution >= 4 is 11.5 Å². The number of nitrogens with one attached hydrogen (secondary N) is 1. The van der Waals surface area contributed by atoms with Crippen LogP contribution in [0.3, 0.4) is 0 Å². The number of aryl methyl sites for hydroxylation is 2. The third-order valence-corrected chi connectivity index (χ3v) is 3.02. The predicted octanol–water partition coefficient (Wildman–Crippen LogP) is 2.01. The Balaban J connectivity index is 1.97. The average Bonchev–Trinajstić information content (AvgIpc) is 3.00. The van der Waals surface area contributed by atoms with E-state index < -0.39 is 0 Å². The van der Waals surface area contributed by atoms with Crippen LogP contribution in [-0.4, -0.2) is 16.3 Å². The molecule has 1 aliphatic rings. The molecule has 1 aromatic heterocycles. The first-order valence-electron chi connectivity index (χ1n) is 5.79. The number of anilines is 2. The molecule has 1 aromatic rings. The molecule has 2 rings (SSSR count). The molecule has 4 heteroatoms. The van der Waals surface area contributed by atoms with Crippen molar-refractivity contribution in [3.05, 3.63) is 5.69 Å². The van der Waals surface area contributed by atoms with Gasteiger partial charge in [-0.1, -0.05) is 12.8 Å². The maximum Gasteiger partial charge on any atom is 0.148 e. The van der Waals surface area contributed by atoms with Gasteiger partial charge >= 0.3 is 0 Å². The third-order valence-electron chi connectivity index (χ3n) is 3.02. The van der Waals surface area contributed by atoms with Crippen molar-refractivity contribution in [1.29, 1.82) is 0 Å². The van der Waals surface area contributed by atoms with Crippen LogP contribution in [0.2, 0.25) is 0 Å². The van der Waals surface area contributed by atoms with E-state index in [1.807, 2.05) is 11.6 Å². The zero-order valence-corrected chi connectivity index (χ0v) is 9.58. The van der Waals surface area contributed by atoms with E-state index in [2.05, 4.69) is 17.3 Å². The third kappa shape index (κ3) is 2.25. The second-order valence-corrected chi connectivity index (χ2v) is 4.32. The molecule has 0 amide bonds. The zero-order chi connectivity index (χ0) is 10.8. The quantitative estimate of drug-likeness (QED) is 0.778. The summed E-state index contributed by atoms with van der Waals surface area (Å²) in [5.74, 6) is 1.95. The van der Waals surface area contributed by atoms with Crippen LogP contribution >= 0.6 is 0 Å². The minimum Gasteiger partial charge on any atom is -0.394 e. The number of hydrogen-bond donors (Lipinski definition) is 2. The number of nitrogens with two attached hydrogens (primary N) is 1. The number of rotatable bonds is 5. The Kier molecular flexibility index (Phi) is 2.84. The van der Waals surface area contributed by atoms with Crippen LogP contribution in [0.4, 0.5) is 11.5 Å². The summed E-state index contributed by atoms with van der Waals surface area (Å²) in [7, 11) is 0. The van der Waals surface area contributed by atoms with Crippen LogP contribution in [0.1, 0.15) is 31.9 Å². The largest absolute Gasteiger partial charge is 0.394 e. The monoisotopic (exact) mass is 208 g/mol. The van der Waals surface area contributed by atoms with E-state index in [1.165, 1.54) is 19.3 Å². The molecule has 0 spiro atoms. The van der Waals surface area contributed by atoms with Gasteiger partial charge in [-0.2, -0.15) is 5.10 Å². The molecule has 0 unspecified atom stereocenters. The Morgan fingerprint density at radius 3 is 2.87 bits per heavy atom. The van der Waals surface area contributed by atoms with Gasteiger partial charge in [0.1, 0.15) is 5.82 Å². The summed E-state index contributed by atoms with van der Waals surface area (Å²) in [5.41, 5.74) is 7.69. The van der Waals surface area contributed by atoms with Gasteiger partial charge in [-0.3, -0.25) is 0 Å². The summed E-state index contributed by atoms with van der Waals surface area (Å²) in [5, 5.41) is 7.77. The SMILES string of the molecule is CCn1nc(C)c(N)c1NCCC1CC1. The van der Waals surface area contributed by atoms with Crippen molar-refractivity contribution in [3.8, 4) is 0 Å². The van der Waals surface area contributed by atoms with Gasteiger partial charge < -0.3 is 11.1 Å². The molecule has 84 valence electrons. The van der Waals surface area contributed by atoms with E-state index >= 15 is 0 Å². The van der Waals surface area contributed by atoms with Gasteiger partial charge in [-0.15, -0.1) is 0 Å². The Bertz CT molecular complexity index is 339. The van der Waals surface area contributed by atoms with Gasteiger partial charge in [0.15, 0.2) is 0 Å². The van der Waals surface area contributed by atoms with Gasteiger partial charge in [0.2, 0.25) is 0 Å². The normalized spacial score (nSPS) is 15.6. The molecule has 4 nitrogen and oxygen atoms in total. The fourth-order valence-corrected chi connectivity index (χ4v) is 1.81. The lowest BCUT2D eigenvalue weighted by Crippen LogP contribution is -2.10. The lowest BCUT2D eigenvalue weighted by molar-refractivity contribution is 0.653. The highest BCUT2D eigenvalue weighted by Crippen LogP contribution is 2.32. The summed E-state index contributed by atoms with van der Waals surface area (Å²) < 4.78 is 1.94. The highest BCUT2D eigenvalue weighted by Gasteiger charge is 2.20. The van der Waals surface area contributed by atoms with E-state index in [0.29, 0.717) is 0 Å². The smallest absolute Gasteiger partial charge is 0.148 e. The summed E-state index contributed by atoms with van der Waals surface area (Å²) >= 11 is 0. The summed E-state index contributed by atoms with van der Waals surface area (Å²) in [6.45, 7) is 5.91. The molecule has 0 saturated heterocycles.